The third-order valence-corrected chi connectivity index (χ3v) is 4.99. The highest BCUT2D eigenvalue weighted by molar-refractivity contribution is 4.91. The summed E-state index contributed by atoms with van der Waals surface area (Å²) in [6.07, 6.45) is 11.3. The van der Waals surface area contributed by atoms with Crippen LogP contribution in [0, 0.1) is 11.3 Å². The molecule has 0 aromatic heterocycles. The molecule has 0 radical (unpaired) electrons. The molecule has 0 bridgehead atoms. The topological polar surface area (TPSA) is 32.3 Å². The fourth-order valence-electron chi connectivity index (χ4n) is 4.21. The van der Waals surface area contributed by atoms with Crippen molar-refractivity contribution in [1.82, 2.24) is 5.32 Å². The van der Waals surface area contributed by atoms with Crippen molar-refractivity contribution < 1.29 is 5.11 Å². The van der Waals surface area contributed by atoms with E-state index in [1.807, 2.05) is 0 Å². The minimum absolute atomic E-state index is 0.391. The molecule has 0 aromatic rings. The second-order valence-electron chi connectivity index (χ2n) is 7.34. The van der Waals surface area contributed by atoms with Gasteiger partial charge in [0.15, 0.2) is 0 Å². The summed E-state index contributed by atoms with van der Waals surface area (Å²) < 4.78 is 0. The Labute approximate surface area is 113 Å². The summed E-state index contributed by atoms with van der Waals surface area (Å²) in [7, 11) is 0. The van der Waals surface area contributed by atoms with Gasteiger partial charge in [-0.2, -0.15) is 0 Å². The van der Waals surface area contributed by atoms with E-state index >= 15 is 0 Å². The van der Waals surface area contributed by atoms with Crippen molar-refractivity contribution >= 4 is 0 Å². The van der Waals surface area contributed by atoms with Gasteiger partial charge in [-0.3, -0.25) is 0 Å². The first-order valence-corrected chi connectivity index (χ1v) is 7.97. The molecule has 0 aliphatic heterocycles. The van der Waals surface area contributed by atoms with Crippen LogP contribution >= 0.6 is 0 Å². The smallest absolute Gasteiger partial charge is 0.0771 e. The van der Waals surface area contributed by atoms with Crippen LogP contribution in [0.3, 0.4) is 0 Å². The maximum Gasteiger partial charge on any atom is 0.0771 e. The predicted molar refractivity (Wildman–Crippen MR) is 76.6 cm³/mol. The molecule has 2 rings (SSSR count). The summed E-state index contributed by atoms with van der Waals surface area (Å²) in [5.74, 6) is 0.791. The average molecular weight is 253 g/mol. The molecular formula is C16H31NO. The fraction of sp³-hybridized carbons (Fsp3) is 1.00. The lowest BCUT2D eigenvalue weighted by atomic mass is 9.78. The highest BCUT2D eigenvalue weighted by Gasteiger charge is 2.36. The van der Waals surface area contributed by atoms with Gasteiger partial charge in [-0.05, 0) is 43.4 Å². The Morgan fingerprint density at radius 2 is 1.50 bits per heavy atom. The van der Waals surface area contributed by atoms with E-state index in [0.717, 1.165) is 31.8 Å². The van der Waals surface area contributed by atoms with E-state index < -0.39 is 5.60 Å². The number of nitrogens with one attached hydrogen (secondary N) is 1. The van der Waals surface area contributed by atoms with Crippen molar-refractivity contribution in [2.45, 2.75) is 77.2 Å². The molecule has 2 heteroatoms. The molecule has 2 aliphatic rings. The van der Waals surface area contributed by atoms with Crippen molar-refractivity contribution in [1.29, 1.82) is 0 Å². The molecule has 0 heterocycles. The summed E-state index contributed by atoms with van der Waals surface area (Å²) in [5.41, 5.74) is 0.140. The zero-order valence-electron chi connectivity index (χ0n) is 12.3. The number of aliphatic hydroxyl groups is 1. The molecule has 0 spiro atoms. The molecule has 2 fully saturated rings. The van der Waals surface area contributed by atoms with Crippen LogP contribution in [0.25, 0.3) is 0 Å². The molecule has 0 saturated heterocycles. The maximum absolute atomic E-state index is 10.4. The Morgan fingerprint density at radius 3 is 2.06 bits per heavy atom. The largest absolute Gasteiger partial charge is 0.389 e. The van der Waals surface area contributed by atoms with Gasteiger partial charge in [-0.25, -0.2) is 0 Å². The molecule has 0 aromatic carbocycles. The molecule has 2 nitrogen and oxygen atoms in total. The predicted octanol–water partition coefficient (Wildman–Crippen LogP) is 3.49. The highest BCUT2D eigenvalue weighted by Crippen LogP contribution is 2.42. The van der Waals surface area contributed by atoms with E-state index in [1.165, 1.54) is 44.9 Å². The monoisotopic (exact) mass is 253 g/mol. The van der Waals surface area contributed by atoms with Crippen LogP contribution in [-0.4, -0.2) is 23.8 Å². The molecule has 0 amide bonds. The fourth-order valence-corrected chi connectivity index (χ4v) is 4.21. The molecule has 0 unspecified atom stereocenters. The third kappa shape index (κ3) is 3.71. The first kappa shape index (κ1) is 14.3. The van der Waals surface area contributed by atoms with Crippen molar-refractivity contribution in [3.63, 3.8) is 0 Å². The lowest BCUT2D eigenvalue weighted by Gasteiger charge is -2.33. The molecule has 0 atom stereocenters. The SMILES string of the molecule is CC(C)CC1(CNCC2(O)CCCC2)CCCC1. The Morgan fingerprint density at radius 1 is 0.944 bits per heavy atom. The molecule has 2 saturated carbocycles. The number of hydrogen-bond donors (Lipinski definition) is 2. The normalized spacial score (nSPS) is 26.0. The Balaban J connectivity index is 1.79. The van der Waals surface area contributed by atoms with Crippen LogP contribution in [0.1, 0.15) is 71.6 Å². The van der Waals surface area contributed by atoms with E-state index in [9.17, 15) is 5.11 Å². The van der Waals surface area contributed by atoms with E-state index in [0.29, 0.717) is 5.41 Å². The van der Waals surface area contributed by atoms with E-state index in [4.69, 9.17) is 0 Å². The standard InChI is InChI=1S/C16H31NO/c1-14(2)11-15(7-3-4-8-15)12-17-13-16(18)9-5-6-10-16/h14,17-18H,3-13H2,1-2H3. The van der Waals surface area contributed by atoms with Gasteiger partial charge in [-0.15, -0.1) is 0 Å². The minimum atomic E-state index is -0.391. The van der Waals surface area contributed by atoms with Crippen LogP contribution in [0.15, 0.2) is 0 Å². The zero-order valence-corrected chi connectivity index (χ0v) is 12.3. The van der Waals surface area contributed by atoms with Crippen molar-refractivity contribution in [2.24, 2.45) is 11.3 Å². The second-order valence-corrected chi connectivity index (χ2v) is 7.34. The summed E-state index contributed by atoms with van der Waals surface area (Å²) in [4.78, 5) is 0. The van der Waals surface area contributed by atoms with E-state index in [2.05, 4.69) is 19.2 Å². The van der Waals surface area contributed by atoms with E-state index in [1.54, 1.807) is 0 Å². The Bertz CT molecular complexity index is 250. The van der Waals surface area contributed by atoms with Crippen LogP contribution in [0.4, 0.5) is 0 Å². The lowest BCUT2D eigenvalue weighted by molar-refractivity contribution is 0.0437. The summed E-state index contributed by atoms with van der Waals surface area (Å²) in [6.45, 7) is 6.61. The van der Waals surface area contributed by atoms with Crippen molar-refractivity contribution in [3.05, 3.63) is 0 Å². The van der Waals surface area contributed by atoms with Crippen LogP contribution in [0.5, 0.6) is 0 Å². The summed E-state index contributed by atoms with van der Waals surface area (Å²) in [6, 6.07) is 0. The Kier molecular flexibility index (Phi) is 4.71. The lowest BCUT2D eigenvalue weighted by Crippen LogP contribution is -2.42. The van der Waals surface area contributed by atoms with Gasteiger partial charge in [0.05, 0.1) is 5.60 Å². The molecule has 18 heavy (non-hydrogen) atoms. The second kappa shape index (κ2) is 5.92. The number of rotatable bonds is 6. The van der Waals surface area contributed by atoms with Gasteiger partial charge >= 0.3 is 0 Å². The maximum atomic E-state index is 10.4. The van der Waals surface area contributed by atoms with Gasteiger partial charge in [-0.1, -0.05) is 39.5 Å². The molecule has 2 N–H and O–H groups in total. The first-order valence-electron chi connectivity index (χ1n) is 7.97. The Hall–Kier alpha value is -0.0800. The summed E-state index contributed by atoms with van der Waals surface area (Å²) in [5, 5.41) is 14.0. The summed E-state index contributed by atoms with van der Waals surface area (Å²) >= 11 is 0. The van der Waals surface area contributed by atoms with Gasteiger partial charge in [0.1, 0.15) is 0 Å². The van der Waals surface area contributed by atoms with Gasteiger partial charge in [0, 0.05) is 13.1 Å². The van der Waals surface area contributed by atoms with E-state index in [-0.39, 0.29) is 0 Å². The quantitative estimate of drug-likeness (QED) is 0.759. The van der Waals surface area contributed by atoms with Gasteiger partial charge in [0.2, 0.25) is 0 Å². The average Bonchev–Trinajstić information content (AvgIpc) is 2.88. The molecular weight excluding hydrogens is 222 g/mol. The molecule has 2 aliphatic carbocycles. The minimum Gasteiger partial charge on any atom is -0.389 e. The van der Waals surface area contributed by atoms with Gasteiger partial charge < -0.3 is 10.4 Å². The number of hydrogen-bond acceptors (Lipinski definition) is 2. The zero-order chi connectivity index (χ0) is 13.1. The highest BCUT2D eigenvalue weighted by atomic mass is 16.3. The third-order valence-electron chi connectivity index (χ3n) is 4.99. The van der Waals surface area contributed by atoms with Crippen molar-refractivity contribution in [2.75, 3.05) is 13.1 Å². The van der Waals surface area contributed by atoms with Crippen LogP contribution in [0.2, 0.25) is 0 Å². The van der Waals surface area contributed by atoms with Crippen LogP contribution in [-0.2, 0) is 0 Å². The van der Waals surface area contributed by atoms with Crippen LogP contribution < -0.4 is 5.32 Å². The molecule has 106 valence electrons. The van der Waals surface area contributed by atoms with Gasteiger partial charge in [0.25, 0.3) is 0 Å². The van der Waals surface area contributed by atoms with Crippen molar-refractivity contribution in [3.8, 4) is 0 Å². The first-order chi connectivity index (χ1) is 8.54.